The first-order valence-electron chi connectivity index (χ1n) is 3.92. The minimum Gasteiger partial charge on any atom is -0.161 e. The molecule has 0 aromatic carbocycles. The maximum Gasteiger partial charge on any atom is 0.505 e. The van der Waals surface area contributed by atoms with Crippen molar-refractivity contribution in [1.29, 1.82) is 0 Å². The molecule has 0 aromatic rings. The van der Waals surface area contributed by atoms with E-state index in [2.05, 4.69) is 0 Å². The zero-order valence-electron chi connectivity index (χ0n) is 6.12. The van der Waals surface area contributed by atoms with E-state index in [9.17, 15) is 4.57 Å². The van der Waals surface area contributed by atoms with Crippen LogP contribution >= 0.6 is 8.03 Å². The fourth-order valence-corrected chi connectivity index (χ4v) is 2.18. The van der Waals surface area contributed by atoms with Crippen molar-refractivity contribution < 1.29 is 9.46 Å². The van der Waals surface area contributed by atoms with Crippen LogP contribution < -0.4 is 0 Å². The molecule has 0 aliphatic heterocycles. The lowest BCUT2D eigenvalue weighted by Gasteiger charge is -2.00. The zero-order chi connectivity index (χ0) is 7.40. The molecule has 0 aromatic heterocycles. The predicted molar refractivity (Wildman–Crippen MR) is 41.3 cm³/mol. The van der Waals surface area contributed by atoms with Gasteiger partial charge in [0.2, 0.25) is 0 Å². The number of rotatable bonds is 3. The summed E-state index contributed by atoms with van der Waals surface area (Å²) in [5.41, 5.74) is 0. The highest BCUT2D eigenvalue weighted by Crippen LogP contribution is 2.30. The predicted octanol–water partition coefficient (Wildman–Crippen LogP) is 2.30. The lowest BCUT2D eigenvalue weighted by molar-refractivity contribution is 0.481. The SMILES string of the molecule is O=[P+](O)CCC1CCCC1. The fraction of sp³-hybridized carbons (Fsp3) is 1.00. The van der Waals surface area contributed by atoms with Gasteiger partial charge in [0, 0.05) is 0 Å². The number of hydrogen-bond acceptors (Lipinski definition) is 1. The summed E-state index contributed by atoms with van der Waals surface area (Å²) in [5, 5.41) is 0. The van der Waals surface area contributed by atoms with Crippen LogP contribution in [0.4, 0.5) is 0 Å². The molecular weight excluding hydrogens is 147 g/mol. The summed E-state index contributed by atoms with van der Waals surface area (Å²) in [4.78, 5) is 8.52. The molecule has 1 atom stereocenters. The first-order valence-corrected chi connectivity index (χ1v) is 5.32. The maximum atomic E-state index is 10.3. The normalized spacial score (nSPS) is 21.5. The van der Waals surface area contributed by atoms with Crippen molar-refractivity contribution in [2.45, 2.75) is 32.1 Å². The van der Waals surface area contributed by atoms with Crippen LogP contribution in [0, 0.1) is 5.92 Å². The van der Waals surface area contributed by atoms with Gasteiger partial charge in [-0.1, -0.05) is 25.7 Å². The van der Waals surface area contributed by atoms with Crippen LogP contribution in [0.2, 0.25) is 0 Å². The van der Waals surface area contributed by atoms with Gasteiger partial charge in [-0.25, -0.2) is 0 Å². The first kappa shape index (κ1) is 8.16. The molecule has 0 saturated heterocycles. The topological polar surface area (TPSA) is 37.3 Å². The third kappa shape index (κ3) is 2.76. The molecule has 2 nitrogen and oxygen atoms in total. The van der Waals surface area contributed by atoms with Crippen molar-refractivity contribution in [2.75, 3.05) is 6.16 Å². The third-order valence-electron chi connectivity index (χ3n) is 2.20. The van der Waals surface area contributed by atoms with E-state index in [1.165, 1.54) is 25.7 Å². The average Bonchev–Trinajstić information content (AvgIpc) is 2.34. The van der Waals surface area contributed by atoms with E-state index < -0.39 is 8.03 Å². The minimum absolute atomic E-state index is 0.514. The van der Waals surface area contributed by atoms with Gasteiger partial charge in [-0.2, -0.15) is 4.89 Å². The Balaban J connectivity index is 2.07. The van der Waals surface area contributed by atoms with Gasteiger partial charge in [-0.15, -0.1) is 0 Å². The molecule has 1 unspecified atom stereocenters. The molecule has 10 heavy (non-hydrogen) atoms. The lowest BCUT2D eigenvalue weighted by Crippen LogP contribution is -1.94. The highest BCUT2D eigenvalue weighted by molar-refractivity contribution is 7.37. The molecule has 0 radical (unpaired) electrons. The van der Waals surface area contributed by atoms with Gasteiger partial charge in [0.15, 0.2) is 6.16 Å². The summed E-state index contributed by atoms with van der Waals surface area (Å²) < 4.78 is 10.3. The fourth-order valence-electron chi connectivity index (χ4n) is 1.59. The molecule has 0 heterocycles. The first-order chi connectivity index (χ1) is 4.79. The molecule has 1 saturated carbocycles. The summed E-state index contributed by atoms with van der Waals surface area (Å²) in [6.45, 7) is 0. The zero-order valence-corrected chi connectivity index (χ0v) is 7.02. The molecule has 1 aliphatic rings. The molecule has 1 aliphatic carbocycles. The van der Waals surface area contributed by atoms with E-state index in [0.29, 0.717) is 6.16 Å². The summed E-state index contributed by atoms with van der Waals surface area (Å²) in [6, 6.07) is 0. The summed E-state index contributed by atoms with van der Waals surface area (Å²) in [5.74, 6) is 0.756. The van der Waals surface area contributed by atoms with Crippen molar-refractivity contribution in [3.8, 4) is 0 Å². The van der Waals surface area contributed by atoms with E-state index in [0.717, 1.165) is 12.3 Å². The van der Waals surface area contributed by atoms with Crippen LogP contribution in [0.15, 0.2) is 0 Å². The number of hydrogen-bond donors (Lipinski definition) is 1. The Labute approximate surface area is 62.5 Å². The summed E-state index contributed by atoms with van der Waals surface area (Å²) in [6.07, 6.45) is 6.69. The largest absolute Gasteiger partial charge is 0.505 e. The van der Waals surface area contributed by atoms with Crippen LogP contribution in [-0.4, -0.2) is 11.1 Å². The molecular formula is C7H14O2P+. The minimum atomic E-state index is -1.87. The molecule has 3 heteroatoms. The molecule has 0 amide bonds. The van der Waals surface area contributed by atoms with Crippen molar-refractivity contribution in [3.63, 3.8) is 0 Å². The lowest BCUT2D eigenvalue weighted by atomic mass is 10.1. The van der Waals surface area contributed by atoms with Crippen molar-refractivity contribution in [3.05, 3.63) is 0 Å². The van der Waals surface area contributed by atoms with Crippen LogP contribution in [0.5, 0.6) is 0 Å². The highest BCUT2D eigenvalue weighted by Gasteiger charge is 2.19. The standard InChI is InChI=1S/C7H13O2P/c8-10(9)6-5-7-3-1-2-4-7/h7H,1-6H2/p+1. The molecule has 1 rings (SSSR count). The smallest absolute Gasteiger partial charge is 0.161 e. The average molecular weight is 161 g/mol. The van der Waals surface area contributed by atoms with Crippen LogP contribution in [0.1, 0.15) is 32.1 Å². The van der Waals surface area contributed by atoms with Crippen LogP contribution in [0.25, 0.3) is 0 Å². The second-order valence-corrected chi connectivity index (χ2v) is 4.17. The molecule has 0 bridgehead atoms. The molecule has 58 valence electrons. The Kier molecular flexibility index (Phi) is 3.30. The Morgan fingerprint density at radius 3 is 2.50 bits per heavy atom. The van der Waals surface area contributed by atoms with E-state index in [1.54, 1.807) is 0 Å². The van der Waals surface area contributed by atoms with Gasteiger partial charge < -0.3 is 0 Å². The second-order valence-electron chi connectivity index (χ2n) is 3.01. The van der Waals surface area contributed by atoms with Crippen LogP contribution in [0.3, 0.4) is 0 Å². The van der Waals surface area contributed by atoms with Gasteiger partial charge in [0.05, 0.1) is 0 Å². The molecule has 0 spiro atoms. The van der Waals surface area contributed by atoms with E-state index in [1.807, 2.05) is 0 Å². The van der Waals surface area contributed by atoms with E-state index in [-0.39, 0.29) is 0 Å². The van der Waals surface area contributed by atoms with Gasteiger partial charge in [0.1, 0.15) is 0 Å². The van der Waals surface area contributed by atoms with Crippen LogP contribution in [-0.2, 0) is 4.57 Å². The van der Waals surface area contributed by atoms with Gasteiger partial charge in [0.25, 0.3) is 0 Å². The van der Waals surface area contributed by atoms with Crippen molar-refractivity contribution >= 4 is 8.03 Å². The quantitative estimate of drug-likeness (QED) is 0.645. The second kappa shape index (κ2) is 4.05. The van der Waals surface area contributed by atoms with Crippen molar-refractivity contribution in [2.24, 2.45) is 5.92 Å². The van der Waals surface area contributed by atoms with E-state index >= 15 is 0 Å². The van der Waals surface area contributed by atoms with Gasteiger partial charge in [-0.3, -0.25) is 0 Å². The highest BCUT2D eigenvalue weighted by atomic mass is 31.1. The maximum absolute atomic E-state index is 10.3. The van der Waals surface area contributed by atoms with Crippen molar-refractivity contribution in [1.82, 2.24) is 0 Å². The van der Waals surface area contributed by atoms with E-state index in [4.69, 9.17) is 4.89 Å². The van der Waals surface area contributed by atoms with Gasteiger partial charge >= 0.3 is 8.03 Å². The summed E-state index contributed by atoms with van der Waals surface area (Å²) in [7, 11) is -1.87. The Morgan fingerprint density at radius 1 is 1.40 bits per heavy atom. The third-order valence-corrected chi connectivity index (χ3v) is 2.84. The van der Waals surface area contributed by atoms with Gasteiger partial charge in [-0.05, 0) is 16.9 Å². The molecule has 1 fully saturated rings. The Hall–Kier alpha value is 0.0600. The summed E-state index contributed by atoms with van der Waals surface area (Å²) >= 11 is 0. The monoisotopic (exact) mass is 161 g/mol. The Morgan fingerprint density at radius 2 is 2.00 bits per heavy atom. The molecule has 1 N–H and O–H groups in total. The Bertz CT molecular complexity index is 119.